The molecule has 1 fully saturated rings. The second-order valence-electron chi connectivity index (χ2n) is 6.42. The Kier molecular flexibility index (Phi) is 4.37. The van der Waals surface area contributed by atoms with Gasteiger partial charge in [0.25, 0.3) is 0 Å². The molecule has 1 aliphatic rings. The normalized spacial score (nSPS) is 15.7. The summed E-state index contributed by atoms with van der Waals surface area (Å²) < 4.78 is 5.49. The number of likely N-dealkylation sites (tertiary alicyclic amines) is 1. The average molecular weight is 313 g/mol. The van der Waals surface area contributed by atoms with Gasteiger partial charge in [-0.3, -0.25) is 0 Å². The number of aryl methyl sites for hydroxylation is 2. The fourth-order valence-corrected chi connectivity index (χ4v) is 2.82. The Bertz CT molecular complexity index is 700. The highest BCUT2D eigenvalue weighted by Crippen LogP contribution is 2.26. The van der Waals surface area contributed by atoms with Crippen LogP contribution in [0.1, 0.15) is 31.0 Å². The minimum Gasteiger partial charge on any atom is -0.444 e. The molecule has 1 aromatic heterocycles. The SMILES string of the molecule is Cc1coc(-c2cc(NC(=O)N3CCC(C)CC3)ccc2C)n1. The summed E-state index contributed by atoms with van der Waals surface area (Å²) in [6.45, 7) is 7.78. The number of benzene rings is 1. The van der Waals surface area contributed by atoms with Crippen LogP contribution in [0.25, 0.3) is 11.5 Å². The summed E-state index contributed by atoms with van der Waals surface area (Å²) in [7, 11) is 0. The maximum atomic E-state index is 12.4. The molecular formula is C18H23N3O2. The zero-order chi connectivity index (χ0) is 16.4. The first kappa shape index (κ1) is 15.6. The first-order valence-electron chi connectivity index (χ1n) is 8.12. The highest BCUT2D eigenvalue weighted by atomic mass is 16.3. The van der Waals surface area contributed by atoms with Crippen molar-refractivity contribution in [2.45, 2.75) is 33.6 Å². The lowest BCUT2D eigenvalue weighted by Gasteiger charge is -2.30. The molecule has 2 amide bonds. The summed E-state index contributed by atoms with van der Waals surface area (Å²) in [5.74, 6) is 1.29. The molecule has 0 bridgehead atoms. The molecule has 1 saturated heterocycles. The van der Waals surface area contributed by atoms with E-state index in [9.17, 15) is 4.79 Å². The molecule has 1 aliphatic heterocycles. The van der Waals surface area contributed by atoms with E-state index in [2.05, 4.69) is 17.2 Å². The molecule has 2 aromatic rings. The van der Waals surface area contributed by atoms with Crippen molar-refractivity contribution < 1.29 is 9.21 Å². The van der Waals surface area contributed by atoms with Gasteiger partial charge in [0.1, 0.15) is 6.26 Å². The highest BCUT2D eigenvalue weighted by Gasteiger charge is 2.20. The van der Waals surface area contributed by atoms with Crippen LogP contribution in [0.4, 0.5) is 10.5 Å². The number of hydrogen-bond donors (Lipinski definition) is 1. The fraction of sp³-hybridized carbons (Fsp3) is 0.444. The third kappa shape index (κ3) is 3.55. The second-order valence-corrected chi connectivity index (χ2v) is 6.42. The van der Waals surface area contributed by atoms with Crippen LogP contribution in [0.2, 0.25) is 0 Å². The molecule has 2 heterocycles. The van der Waals surface area contributed by atoms with Crippen molar-refractivity contribution in [2.24, 2.45) is 5.92 Å². The van der Waals surface area contributed by atoms with E-state index < -0.39 is 0 Å². The third-order valence-corrected chi connectivity index (χ3v) is 4.41. The van der Waals surface area contributed by atoms with Crippen molar-refractivity contribution in [2.75, 3.05) is 18.4 Å². The predicted octanol–water partition coefficient (Wildman–Crippen LogP) is 4.22. The van der Waals surface area contributed by atoms with Crippen LogP contribution in [0.5, 0.6) is 0 Å². The molecule has 122 valence electrons. The van der Waals surface area contributed by atoms with Gasteiger partial charge >= 0.3 is 6.03 Å². The van der Waals surface area contributed by atoms with E-state index >= 15 is 0 Å². The van der Waals surface area contributed by atoms with E-state index in [1.54, 1.807) is 6.26 Å². The standard InChI is InChI=1S/C18H23N3O2/c1-12-6-8-21(9-7-12)18(22)20-15-5-4-13(2)16(10-15)17-19-14(3)11-23-17/h4-5,10-12H,6-9H2,1-3H3,(H,20,22). The van der Waals surface area contributed by atoms with Gasteiger partial charge in [0.15, 0.2) is 0 Å². The average Bonchev–Trinajstić information content (AvgIpc) is 2.96. The zero-order valence-electron chi connectivity index (χ0n) is 13.9. The third-order valence-electron chi connectivity index (χ3n) is 4.41. The first-order valence-corrected chi connectivity index (χ1v) is 8.12. The van der Waals surface area contributed by atoms with E-state index in [1.165, 1.54) is 0 Å². The molecule has 5 nitrogen and oxygen atoms in total. The Morgan fingerprint density at radius 1 is 1.30 bits per heavy atom. The summed E-state index contributed by atoms with van der Waals surface area (Å²) in [5.41, 5.74) is 3.58. The van der Waals surface area contributed by atoms with E-state index in [0.717, 1.165) is 48.4 Å². The molecule has 0 spiro atoms. The highest BCUT2D eigenvalue weighted by molar-refractivity contribution is 5.90. The molecular weight excluding hydrogens is 290 g/mol. The van der Waals surface area contributed by atoms with E-state index in [-0.39, 0.29) is 6.03 Å². The smallest absolute Gasteiger partial charge is 0.321 e. The summed E-state index contributed by atoms with van der Waals surface area (Å²) in [5, 5.41) is 2.99. The van der Waals surface area contributed by atoms with E-state index in [4.69, 9.17) is 4.42 Å². The molecule has 23 heavy (non-hydrogen) atoms. The lowest BCUT2D eigenvalue weighted by atomic mass is 10.00. The van der Waals surface area contributed by atoms with Gasteiger partial charge in [0.2, 0.25) is 5.89 Å². The van der Waals surface area contributed by atoms with Gasteiger partial charge in [-0.2, -0.15) is 0 Å². The van der Waals surface area contributed by atoms with Crippen LogP contribution in [0, 0.1) is 19.8 Å². The molecule has 0 radical (unpaired) electrons. The van der Waals surface area contributed by atoms with Gasteiger partial charge in [-0.25, -0.2) is 9.78 Å². The summed E-state index contributed by atoms with van der Waals surface area (Å²) in [6, 6.07) is 5.78. The van der Waals surface area contributed by atoms with Crippen molar-refractivity contribution in [3.63, 3.8) is 0 Å². The molecule has 1 N–H and O–H groups in total. The molecule has 0 unspecified atom stereocenters. The second kappa shape index (κ2) is 6.44. The number of oxazole rings is 1. The topological polar surface area (TPSA) is 58.4 Å². The van der Waals surface area contributed by atoms with Crippen molar-refractivity contribution in [3.05, 3.63) is 35.7 Å². The predicted molar refractivity (Wildman–Crippen MR) is 90.4 cm³/mol. The molecule has 3 rings (SSSR count). The summed E-state index contributed by atoms with van der Waals surface area (Å²) in [6.07, 6.45) is 3.78. The molecule has 5 heteroatoms. The van der Waals surface area contributed by atoms with Crippen LogP contribution < -0.4 is 5.32 Å². The number of anilines is 1. The lowest BCUT2D eigenvalue weighted by molar-refractivity contribution is 0.186. The molecule has 0 aliphatic carbocycles. The van der Waals surface area contributed by atoms with Gasteiger partial charge in [-0.05, 0) is 50.3 Å². The van der Waals surface area contributed by atoms with Crippen molar-refractivity contribution in [1.82, 2.24) is 9.88 Å². The maximum absolute atomic E-state index is 12.4. The monoisotopic (exact) mass is 313 g/mol. The number of rotatable bonds is 2. The minimum absolute atomic E-state index is 0.0321. The van der Waals surface area contributed by atoms with E-state index in [0.29, 0.717) is 11.8 Å². The van der Waals surface area contributed by atoms with Crippen molar-refractivity contribution in [1.29, 1.82) is 0 Å². The quantitative estimate of drug-likeness (QED) is 0.903. The van der Waals surface area contributed by atoms with Crippen LogP contribution in [-0.2, 0) is 0 Å². The number of aromatic nitrogens is 1. The van der Waals surface area contributed by atoms with Crippen molar-refractivity contribution in [3.8, 4) is 11.5 Å². The minimum atomic E-state index is -0.0321. The maximum Gasteiger partial charge on any atom is 0.321 e. The number of piperidine rings is 1. The number of carbonyl (C=O) groups is 1. The largest absolute Gasteiger partial charge is 0.444 e. The zero-order valence-corrected chi connectivity index (χ0v) is 13.9. The number of nitrogens with zero attached hydrogens (tertiary/aromatic N) is 2. The van der Waals surface area contributed by atoms with Gasteiger partial charge in [-0.1, -0.05) is 13.0 Å². The van der Waals surface area contributed by atoms with Crippen LogP contribution >= 0.6 is 0 Å². The number of urea groups is 1. The van der Waals surface area contributed by atoms with Gasteiger partial charge in [-0.15, -0.1) is 0 Å². The Labute approximate surface area is 136 Å². The summed E-state index contributed by atoms with van der Waals surface area (Å²) >= 11 is 0. The van der Waals surface area contributed by atoms with Gasteiger partial charge in [0.05, 0.1) is 5.69 Å². The fourth-order valence-electron chi connectivity index (χ4n) is 2.82. The lowest BCUT2D eigenvalue weighted by Crippen LogP contribution is -2.40. The summed E-state index contributed by atoms with van der Waals surface area (Å²) in [4.78, 5) is 18.6. The Morgan fingerprint density at radius 3 is 2.70 bits per heavy atom. The number of hydrogen-bond acceptors (Lipinski definition) is 3. The van der Waals surface area contributed by atoms with Crippen LogP contribution in [0.3, 0.4) is 0 Å². The number of carbonyl (C=O) groups excluding carboxylic acids is 1. The van der Waals surface area contributed by atoms with Gasteiger partial charge < -0.3 is 14.6 Å². The molecule has 0 saturated carbocycles. The van der Waals surface area contributed by atoms with Crippen LogP contribution in [0.15, 0.2) is 28.9 Å². The first-order chi connectivity index (χ1) is 11.0. The molecule has 1 aromatic carbocycles. The molecule has 0 atom stereocenters. The van der Waals surface area contributed by atoms with Crippen molar-refractivity contribution >= 4 is 11.7 Å². The Hall–Kier alpha value is -2.30. The van der Waals surface area contributed by atoms with Crippen LogP contribution in [-0.4, -0.2) is 29.0 Å². The van der Waals surface area contributed by atoms with E-state index in [1.807, 2.05) is 36.9 Å². The Morgan fingerprint density at radius 2 is 2.04 bits per heavy atom. The van der Waals surface area contributed by atoms with Gasteiger partial charge in [0, 0.05) is 24.3 Å². The number of nitrogens with one attached hydrogen (secondary N) is 1. The number of amides is 2. The Balaban J connectivity index is 1.74.